The molecule has 118 valence electrons. The number of likely N-dealkylation sites (N-methyl/N-ethyl adjacent to an activating group) is 1. The SMILES string of the molecule is CNCC1CCCN1S(=O)(=O)c1ccc(S(C)(=O)=O)nc1. The Morgan fingerprint density at radius 3 is 2.57 bits per heavy atom. The predicted molar refractivity (Wildman–Crippen MR) is 78.2 cm³/mol. The van der Waals surface area contributed by atoms with E-state index in [1.54, 1.807) is 7.05 Å². The van der Waals surface area contributed by atoms with E-state index >= 15 is 0 Å². The lowest BCUT2D eigenvalue weighted by Crippen LogP contribution is -2.40. The lowest BCUT2D eigenvalue weighted by molar-refractivity contribution is 0.379. The molecule has 7 nitrogen and oxygen atoms in total. The normalized spacial score (nSPS) is 20.8. The monoisotopic (exact) mass is 333 g/mol. The maximum absolute atomic E-state index is 12.6. The van der Waals surface area contributed by atoms with Gasteiger partial charge in [0.05, 0.1) is 0 Å². The quantitative estimate of drug-likeness (QED) is 0.805. The van der Waals surface area contributed by atoms with Crippen molar-refractivity contribution in [2.45, 2.75) is 28.8 Å². The zero-order chi connectivity index (χ0) is 15.7. The Kier molecular flexibility index (Phi) is 4.66. The molecule has 0 amide bonds. The molecule has 1 aliphatic rings. The van der Waals surface area contributed by atoms with Gasteiger partial charge in [0.1, 0.15) is 4.90 Å². The van der Waals surface area contributed by atoms with Crippen LogP contribution in [0.25, 0.3) is 0 Å². The number of hydrogen-bond donors (Lipinski definition) is 1. The van der Waals surface area contributed by atoms with E-state index in [0.717, 1.165) is 25.3 Å². The fourth-order valence-corrected chi connectivity index (χ4v) is 4.64. The van der Waals surface area contributed by atoms with Crippen molar-refractivity contribution in [3.8, 4) is 0 Å². The lowest BCUT2D eigenvalue weighted by atomic mass is 10.2. The van der Waals surface area contributed by atoms with Crippen molar-refractivity contribution in [1.29, 1.82) is 0 Å². The summed E-state index contributed by atoms with van der Waals surface area (Å²) in [5.41, 5.74) is 0. The third kappa shape index (κ3) is 3.42. The van der Waals surface area contributed by atoms with Gasteiger partial charge in [-0.05, 0) is 32.0 Å². The largest absolute Gasteiger partial charge is 0.318 e. The molecule has 0 radical (unpaired) electrons. The van der Waals surface area contributed by atoms with Crippen molar-refractivity contribution >= 4 is 19.9 Å². The van der Waals surface area contributed by atoms with Crippen LogP contribution in [-0.2, 0) is 19.9 Å². The van der Waals surface area contributed by atoms with Gasteiger partial charge in [-0.2, -0.15) is 4.31 Å². The first-order valence-corrected chi connectivity index (χ1v) is 9.92. The highest BCUT2D eigenvalue weighted by Gasteiger charge is 2.35. The van der Waals surface area contributed by atoms with Crippen LogP contribution >= 0.6 is 0 Å². The molecular formula is C12H19N3O4S2. The van der Waals surface area contributed by atoms with E-state index in [1.807, 2.05) is 0 Å². The van der Waals surface area contributed by atoms with Crippen LogP contribution in [-0.4, -0.2) is 58.6 Å². The molecule has 1 aromatic rings. The van der Waals surface area contributed by atoms with Crippen LogP contribution in [0.3, 0.4) is 0 Å². The van der Waals surface area contributed by atoms with Crippen LogP contribution in [0.2, 0.25) is 0 Å². The van der Waals surface area contributed by atoms with Crippen molar-refractivity contribution in [3.63, 3.8) is 0 Å². The Labute approximate surface area is 125 Å². The van der Waals surface area contributed by atoms with Crippen molar-refractivity contribution < 1.29 is 16.8 Å². The van der Waals surface area contributed by atoms with Gasteiger partial charge in [0.2, 0.25) is 10.0 Å². The van der Waals surface area contributed by atoms with Crippen LogP contribution in [0, 0.1) is 0 Å². The van der Waals surface area contributed by atoms with Crippen LogP contribution in [0.15, 0.2) is 28.3 Å². The minimum Gasteiger partial charge on any atom is -0.318 e. The summed E-state index contributed by atoms with van der Waals surface area (Å²) in [5.74, 6) is 0. The summed E-state index contributed by atoms with van der Waals surface area (Å²) >= 11 is 0. The van der Waals surface area contributed by atoms with Gasteiger partial charge in [-0.3, -0.25) is 0 Å². The Morgan fingerprint density at radius 1 is 1.33 bits per heavy atom. The number of sulfonamides is 1. The summed E-state index contributed by atoms with van der Waals surface area (Å²) in [6.45, 7) is 1.07. The lowest BCUT2D eigenvalue weighted by Gasteiger charge is -2.23. The second-order valence-electron chi connectivity index (χ2n) is 5.07. The van der Waals surface area contributed by atoms with Gasteiger partial charge < -0.3 is 5.32 Å². The van der Waals surface area contributed by atoms with E-state index in [0.29, 0.717) is 13.1 Å². The highest BCUT2D eigenvalue weighted by Crippen LogP contribution is 2.25. The second-order valence-corrected chi connectivity index (χ2v) is 8.93. The minimum absolute atomic E-state index is 0.0258. The summed E-state index contributed by atoms with van der Waals surface area (Å²) in [6.07, 6.45) is 3.78. The fourth-order valence-electron chi connectivity index (χ4n) is 2.44. The molecular weight excluding hydrogens is 314 g/mol. The highest BCUT2D eigenvalue weighted by atomic mass is 32.2. The fraction of sp³-hybridized carbons (Fsp3) is 0.583. The number of hydrogen-bond acceptors (Lipinski definition) is 6. The first-order valence-electron chi connectivity index (χ1n) is 6.59. The van der Waals surface area contributed by atoms with E-state index in [4.69, 9.17) is 0 Å². The first-order chi connectivity index (χ1) is 9.76. The Hall–Kier alpha value is -1.03. The number of pyridine rings is 1. The van der Waals surface area contributed by atoms with Crippen molar-refractivity contribution in [2.24, 2.45) is 0 Å². The average Bonchev–Trinajstić information content (AvgIpc) is 2.87. The number of rotatable bonds is 5. The maximum atomic E-state index is 12.6. The zero-order valence-corrected chi connectivity index (χ0v) is 13.6. The van der Waals surface area contributed by atoms with E-state index in [2.05, 4.69) is 10.3 Å². The molecule has 0 saturated carbocycles. The van der Waals surface area contributed by atoms with E-state index < -0.39 is 19.9 Å². The Morgan fingerprint density at radius 2 is 2.05 bits per heavy atom. The molecule has 1 aliphatic heterocycles. The molecule has 1 N–H and O–H groups in total. The molecule has 0 spiro atoms. The molecule has 1 saturated heterocycles. The third-order valence-electron chi connectivity index (χ3n) is 3.46. The molecule has 9 heteroatoms. The van der Waals surface area contributed by atoms with Crippen LogP contribution in [0.4, 0.5) is 0 Å². The van der Waals surface area contributed by atoms with Crippen molar-refractivity contribution in [3.05, 3.63) is 18.3 Å². The summed E-state index contributed by atoms with van der Waals surface area (Å²) in [4.78, 5) is 3.78. The van der Waals surface area contributed by atoms with Crippen molar-refractivity contribution in [2.75, 3.05) is 26.4 Å². The smallest absolute Gasteiger partial charge is 0.244 e. The summed E-state index contributed by atoms with van der Waals surface area (Å²) < 4.78 is 49.4. The van der Waals surface area contributed by atoms with Gasteiger partial charge in [-0.15, -0.1) is 0 Å². The zero-order valence-electron chi connectivity index (χ0n) is 12.0. The maximum Gasteiger partial charge on any atom is 0.244 e. The summed E-state index contributed by atoms with van der Waals surface area (Å²) in [6, 6.07) is 2.45. The topological polar surface area (TPSA) is 96.4 Å². The van der Waals surface area contributed by atoms with Gasteiger partial charge in [-0.25, -0.2) is 21.8 Å². The minimum atomic E-state index is -3.64. The Balaban J connectivity index is 2.31. The Bertz CT molecular complexity index is 699. The molecule has 2 rings (SSSR count). The average molecular weight is 333 g/mol. The number of nitrogens with zero attached hydrogens (tertiary/aromatic N) is 2. The van der Waals surface area contributed by atoms with Crippen LogP contribution < -0.4 is 5.32 Å². The molecule has 1 atom stereocenters. The van der Waals surface area contributed by atoms with Gasteiger partial charge >= 0.3 is 0 Å². The molecule has 2 heterocycles. The van der Waals surface area contributed by atoms with Gasteiger partial charge in [0.25, 0.3) is 0 Å². The number of sulfone groups is 1. The van der Waals surface area contributed by atoms with Crippen LogP contribution in [0.5, 0.6) is 0 Å². The van der Waals surface area contributed by atoms with E-state index in [1.165, 1.54) is 16.4 Å². The molecule has 1 unspecified atom stereocenters. The molecule has 0 bridgehead atoms. The van der Waals surface area contributed by atoms with Gasteiger partial charge in [-0.1, -0.05) is 0 Å². The highest BCUT2D eigenvalue weighted by molar-refractivity contribution is 7.90. The van der Waals surface area contributed by atoms with E-state index in [-0.39, 0.29) is 16.0 Å². The van der Waals surface area contributed by atoms with Crippen LogP contribution in [0.1, 0.15) is 12.8 Å². The standard InChI is InChI=1S/C12H19N3O4S2/c1-13-8-10-4-3-7-15(10)21(18,19)11-5-6-12(14-9-11)20(2,16)17/h5-6,9-10,13H,3-4,7-8H2,1-2H3. The molecule has 1 fully saturated rings. The summed E-state index contributed by atoms with van der Waals surface area (Å²) in [5, 5.41) is 2.86. The first kappa shape index (κ1) is 16.3. The number of aromatic nitrogens is 1. The third-order valence-corrected chi connectivity index (χ3v) is 6.40. The summed E-state index contributed by atoms with van der Waals surface area (Å²) in [7, 11) is -5.29. The molecule has 21 heavy (non-hydrogen) atoms. The van der Waals surface area contributed by atoms with E-state index in [9.17, 15) is 16.8 Å². The molecule has 1 aromatic heterocycles. The molecule has 0 aromatic carbocycles. The number of nitrogens with one attached hydrogen (secondary N) is 1. The predicted octanol–water partition coefficient (Wildman–Crippen LogP) is -0.142. The van der Waals surface area contributed by atoms with Gasteiger partial charge in [0.15, 0.2) is 14.9 Å². The van der Waals surface area contributed by atoms with Crippen molar-refractivity contribution in [1.82, 2.24) is 14.6 Å². The van der Waals surface area contributed by atoms with Gasteiger partial charge in [0, 0.05) is 31.6 Å². The molecule has 0 aliphatic carbocycles. The second kappa shape index (κ2) is 5.99.